The van der Waals surface area contributed by atoms with Crippen LogP contribution in [0.25, 0.3) is 0 Å². The van der Waals surface area contributed by atoms with Crippen LogP contribution in [0.1, 0.15) is 37.7 Å². The van der Waals surface area contributed by atoms with Gasteiger partial charge in [-0.1, -0.05) is 29.6 Å². The molecule has 104 valence electrons. The Hall–Kier alpha value is -0.440. The zero-order valence-electron chi connectivity index (χ0n) is 10.9. The molecule has 1 N–H and O–H groups in total. The van der Waals surface area contributed by atoms with E-state index in [4.69, 9.17) is 23.2 Å². The lowest BCUT2D eigenvalue weighted by Gasteiger charge is -2.38. The number of hydrogen-bond acceptors (Lipinski definition) is 2. The molecule has 1 heterocycles. The first kappa shape index (κ1) is 13.5. The lowest BCUT2D eigenvalue weighted by molar-refractivity contribution is 0.105. The van der Waals surface area contributed by atoms with Gasteiger partial charge in [0.1, 0.15) is 5.75 Å². The second-order valence-electron chi connectivity index (χ2n) is 5.77. The molecule has 1 aromatic carbocycles. The van der Waals surface area contributed by atoms with E-state index < -0.39 is 0 Å². The Morgan fingerprint density at radius 3 is 2.79 bits per heavy atom. The van der Waals surface area contributed by atoms with E-state index in [1.807, 2.05) is 6.07 Å². The van der Waals surface area contributed by atoms with Gasteiger partial charge < -0.3 is 5.11 Å². The Balaban J connectivity index is 1.81. The molecule has 1 saturated carbocycles. The van der Waals surface area contributed by atoms with Crippen LogP contribution in [-0.2, 0) is 6.54 Å². The van der Waals surface area contributed by atoms with Crippen molar-refractivity contribution in [2.75, 3.05) is 6.54 Å². The highest BCUT2D eigenvalue weighted by atomic mass is 35.5. The Kier molecular flexibility index (Phi) is 3.93. The molecule has 1 aliphatic carbocycles. The van der Waals surface area contributed by atoms with E-state index in [2.05, 4.69) is 4.90 Å². The van der Waals surface area contributed by atoms with E-state index in [1.165, 1.54) is 32.1 Å². The molecular formula is C15H19Cl2NO. The molecule has 3 rings (SSSR count). The van der Waals surface area contributed by atoms with Crippen molar-refractivity contribution in [1.29, 1.82) is 0 Å². The average molecular weight is 300 g/mol. The summed E-state index contributed by atoms with van der Waals surface area (Å²) in [5, 5.41) is 11.0. The summed E-state index contributed by atoms with van der Waals surface area (Å²) in [5.74, 6) is 1.04. The van der Waals surface area contributed by atoms with Gasteiger partial charge >= 0.3 is 0 Å². The minimum atomic E-state index is 0.186. The number of aromatic hydroxyl groups is 1. The minimum absolute atomic E-state index is 0.186. The highest BCUT2D eigenvalue weighted by Gasteiger charge is 2.35. The second kappa shape index (κ2) is 5.51. The van der Waals surface area contributed by atoms with Crippen molar-refractivity contribution in [1.82, 2.24) is 4.90 Å². The topological polar surface area (TPSA) is 23.5 Å². The number of hydrogen-bond donors (Lipinski definition) is 1. The van der Waals surface area contributed by atoms with Crippen molar-refractivity contribution >= 4 is 23.2 Å². The minimum Gasteiger partial charge on any atom is -0.506 e. The number of phenolic OH excluding ortho intramolecular Hbond substituents is 1. The van der Waals surface area contributed by atoms with Gasteiger partial charge in [-0.05, 0) is 50.3 Å². The normalized spacial score (nSPS) is 27.5. The van der Waals surface area contributed by atoms with Crippen LogP contribution in [0.15, 0.2) is 12.1 Å². The van der Waals surface area contributed by atoms with Crippen LogP contribution >= 0.6 is 23.2 Å². The van der Waals surface area contributed by atoms with Gasteiger partial charge in [-0.25, -0.2) is 0 Å². The van der Waals surface area contributed by atoms with Gasteiger partial charge in [-0.3, -0.25) is 4.90 Å². The van der Waals surface area contributed by atoms with Gasteiger partial charge in [0.15, 0.2) is 0 Å². The molecule has 2 fully saturated rings. The molecule has 0 radical (unpaired) electrons. The molecule has 4 heteroatoms. The van der Waals surface area contributed by atoms with Gasteiger partial charge in [0.05, 0.1) is 5.02 Å². The Bertz CT molecular complexity index is 477. The number of halogens is 2. The standard InChI is InChI=1S/C15H19Cl2NO/c16-12-7-11(15(19)13(17)8-12)9-18-6-2-4-10-3-1-5-14(10)18/h7-8,10,14,19H,1-6,9H2. The summed E-state index contributed by atoms with van der Waals surface area (Å²) in [6.45, 7) is 1.87. The average Bonchev–Trinajstić information content (AvgIpc) is 2.84. The summed E-state index contributed by atoms with van der Waals surface area (Å²) >= 11 is 12.0. The summed E-state index contributed by atoms with van der Waals surface area (Å²) in [6, 6.07) is 4.11. The third kappa shape index (κ3) is 2.72. The largest absolute Gasteiger partial charge is 0.506 e. The molecular weight excluding hydrogens is 281 g/mol. The number of likely N-dealkylation sites (tertiary alicyclic amines) is 1. The Morgan fingerprint density at radius 1 is 1.16 bits per heavy atom. The Morgan fingerprint density at radius 2 is 1.95 bits per heavy atom. The molecule has 2 atom stereocenters. The third-order valence-electron chi connectivity index (χ3n) is 4.59. The fraction of sp³-hybridized carbons (Fsp3) is 0.600. The van der Waals surface area contributed by atoms with Crippen molar-refractivity contribution in [3.63, 3.8) is 0 Å². The first-order valence-corrected chi connectivity index (χ1v) is 7.81. The predicted octanol–water partition coefficient (Wildman–Crippen LogP) is 4.46. The fourth-order valence-electron chi connectivity index (χ4n) is 3.71. The van der Waals surface area contributed by atoms with Crippen LogP contribution in [0.3, 0.4) is 0 Å². The molecule has 2 aliphatic rings. The zero-order chi connectivity index (χ0) is 13.4. The van der Waals surface area contributed by atoms with Crippen molar-refractivity contribution in [2.24, 2.45) is 5.92 Å². The third-order valence-corrected chi connectivity index (χ3v) is 5.10. The lowest BCUT2D eigenvalue weighted by Crippen LogP contribution is -2.41. The first-order chi connectivity index (χ1) is 9.15. The van der Waals surface area contributed by atoms with Gasteiger partial charge in [-0.15, -0.1) is 0 Å². The van der Waals surface area contributed by atoms with Gasteiger partial charge in [0.25, 0.3) is 0 Å². The fourth-order valence-corrected chi connectivity index (χ4v) is 4.25. The number of rotatable bonds is 2. The molecule has 0 spiro atoms. The van der Waals surface area contributed by atoms with Crippen molar-refractivity contribution in [2.45, 2.75) is 44.7 Å². The lowest BCUT2D eigenvalue weighted by atomic mass is 9.91. The first-order valence-electron chi connectivity index (χ1n) is 7.06. The maximum atomic E-state index is 10.1. The van der Waals surface area contributed by atoms with Crippen LogP contribution < -0.4 is 0 Å². The number of phenols is 1. The van der Waals surface area contributed by atoms with Crippen LogP contribution in [0.2, 0.25) is 10.0 Å². The number of benzene rings is 1. The molecule has 1 aromatic rings. The molecule has 19 heavy (non-hydrogen) atoms. The summed E-state index contributed by atoms with van der Waals surface area (Å²) in [7, 11) is 0. The Labute approximate surface area is 124 Å². The van der Waals surface area contributed by atoms with Crippen LogP contribution in [0.4, 0.5) is 0 Å². The van der Waals surface area contributed by atoms with Gasteiger partial charge in [-0.2, -0.15) is 0 Å². The molecule has 2 nitrogen and oxygen atoms in total. The summed E-state index contributed by atoms with van der Waals surface area (Å²) in [5.41, 5.74) is 0.852. The summed E-state index contributed by atoms with van der Waals surface area (Å²) in [6.07, 6.45) is 6.62. The highest BCUT2D eigenvalue weighted by molar-refractivity contribution is 6.35. The van der Waals surface area contributed by atoms with E-state index in [9.17, 15) is 5.11 Å². The van der Waals surface area contributed by atoms with Gasteiger partial charge in [0.2, 0.25) is 0 Å². The molecule has 0 bridgehead atoms. The zero-order valence-corrected chi connectivity index (χ0v) is 12.4. The SMILES string of the molecule is Oc1c(Cl)cc(Cl)cc1CN1CCCC2CCCC21. The van der Waals surface area contributed by atoms with E-state index in [-0.39, 0.29) is 5.75 Å². The number of fused-ring (bicyclic) bond motifs is 1. The summed E-state index contributed by atoms with van der Waals surface area (Å²) in [4.78, 5) is 2.50. The van der Waals surface area contributed by atoms with E-state index in [0.717, 1.165) is 24.6 Å². The van der Waals surface area contributed by atoms with Crippen molar-refractivity contribution < 1.29 is 5.11 Å². The maximum absolute atomic E-state index is 10.1. The van der Waals surface area contributed by atoms with Crippen LogP contribution in [0.5, 0.6) is 5.75 Å². The van der Waals surface area contributed by atoms with E-state index >= 15 is 0 Å². The van der Waals surface area contributed by atoms with Crippen LogP contribution in [-0.4, -0.2) is 22.6 Å². The maximum Gasteiger partial charge on any atom is 0.138 e. The number of piperidine rings is 1. The van der Waals surface area contributed by atoms with Crippen LogP contribution in [0, 0.1) is 5.92 Å². The quantitative estimate of drug-likeness (QED) is 0.871. The smallest absolute Gasteiger partial charge is 0.138 e. The second-order valence-corrected chi connectivity index (χ2v) is 6.61. The molecule has 1 aliphatic heterocycles. The monoisotopic (exact) mass is 299 g/mol. The number of nitrogens with zero attached hydrogens (tertiary/aromatic N) is 1. The molecule has 2 unspecified atom stereocenters. The predicted molar refractivity (Wildman–Crippen MR) is 78.9 cm³/mol. The molecule has 1 saturated heterocycles. The van der Waals surface area contributed by atoms with E-state index in [1.54, 1.807) is 6.07 Å². The molecule has 0 amide bonds. The van der Waals surface area contributed by atoms with Gasteiger partial charge in [0, 0.05) is 23.2 Å². The molecule has 0 aromatic heterocycles. The summed E-state index contributed by atoms with van der Waals surface area (Å²) < 4.78 is 0. The highest BCUT2D eigenvalue weighted by Crippen LogP contribution is 2.39. The van der Waals surface area contributed by atoms with E-state index in [0.29, 0.717) is 16.1 Å². The van der Waals surface area contributed by atoms with Crippen molar-refractivity contribution in [3.8, 4) is 5.75 Å². The van der Waals surface area contributed by atoms with Crippen molar-refractivity contribution in [3.05, 3.63) is 27.7 Å².